The number of methoxy groups -OCH3 is 1. The maximum atomic E-state index is 13.3. The van der Waals surface area contributed by atoms with E-state index >= 15 is 0 Å². The SMILES string of the molecule is C=CCNc1ccc2c(OCC=C(C)CCC=C(C)C)c(OC)c(=O)n(CCCC)c2c1. The van der Waals surface area contributed by atoms with Crippen LogP contribution < -0.4 is 20.3 Å². The molecule has 5 nitrogen and oxygen atoms in total. The zero-order valence-electron chi connectivity index (χ0n) is 20.3. The highest BCUT2D eigenvalue weighted by atomic mass is 16.5. The summed E-state index contributed by atoms with van der Waals surface area (Å²) in [6.07, 6.45) is 10.0. The van der Waals surface area contributed by atoms with Crippen LogP contribution in [-0.2, 0) is 6.54 Å². The van der Waals surface area contributed by atoms with Crippen LogP contribution in [0.5, 0.6) is 11.5 Å². The predicted molar refractivity (Wildman–Crippen MR) is 136 cm³/mol. The number of hydrogen-bond acceptors (Lipinski definition) is 4. The fraction of sp³-hybridized carbons (Fsp3) is 0.444. The van der Waals surface area contributed by atoms with Gasteiger partial charge in [-0.05, 0) is 64.3 Å². The molecule has 0 radical (unpaired) electrons. The van der Waals surface area contributed by atoms with E-state index in [9.17, 15) is 4.79 Å². The average molecular weight is 439 g/mol. The summed E-state index contributed by atoms with van der Waals surface area (Å²) in [6.45, 7) is 13.9. The lowest BCUT2D eigenvalue weighted by Gasteiger charge is -2.18. The van der Waals surface area contributed by atoms with Crippen LogP contribution in [0, 0.1) is 0 Å². The third kappa shape index (κ3) is 6.78. The van der Waals surface area contributed by atoms with Gasteiger partial charge in [0.25, 0.3) is 5.56 Å². The molecule has 0 amide bonds. The number of anilines is 1. The minimum Gasteiger partial charge on any atom is -0.488 e. The molecule has 32 heavy (non-hydrogen) atoms. The standard InChI is InChI=1S/C27H38N2O3/c1-7-9-17-29-24-19-22(28-16-8-2)13-14-23(24)25(26(31-6)27(29)30)32-18-15-21(5)12-10-11-20(3)4/h8,11,13-15,19,28H,2,7,9-10,12,16-18H2,1,3-6H3. The van der Waals surface area contributed by atoms with Crippen LogP contribution in [0.1, 0.15) is 53.4 Å². The number of fused-ring (bicyclic) bond motifs is 1. The topological polar surface area (TPSA) is 52.5 Å². The summed E-state index contributed by atoms with van der Waals surface area (Å²) in [5, 5.41) is 4.18. The van der Waals surface area contributed by atoms with E-state index in [4.69, 9.17) is 9.47 Å². The molecule has 0 fully saturated rings. The fourth-order valence-corrected chi connectivity index (χ4v) is 3.52. The minimum absolute atomic E-state index is 0.159. The summed E-state index contributed by atoms with van der Waals surface area (Å²) in [5.74, 6) is 0.764. The molecule has 1 heterocycles. The van der Waals surface area contributed by atoms with Crippen molar-refractivity contribution in [3.8, 4) is 11.5 Å². The normalized spacial score (nSPS) is 11.3. The summed E-state index contributed by atoms with van der Waals surface area (Å²) in [6, 6.07) is 5.99. The van der Waals surface area contributed by atoms with E-state index in [0.29, 0.717) is 25.4 Å². The summed E-state index contributed by atoms with van der Waals surface area (Å²) in [5.41, 5.74) is 4.22. The molecule has 0 aliphatic heterocycles. The largest absolute Gasteiger partial charge is 0.488 e. The average Bonchev–Trinajstić information content (AvgIpc) is 2.77. The van der Waals surface area contributed by atoms with E-state index in [1.54, 1.807) is 4.57 Å². The number of unbranched alkanes of at least 4 members (excludes halogenated alkanes) is 1. The van der Waals surface area contributed by atoms with Gasteiger partial charge in [0, 0.05) is 24.2 Å². The van der Waals surface area contributed by atoms with E-state index in [1.165, 1.54) is 18.3 Å². The van der Waals surface area contributed by atoms with Crippen molar-refractivity contribution in [1.29, 1.82) is 0 Å². The highest BCUT2D eigenvalue weighted by molar-refractivity contribution is 5.90. The summed E-state index contributed by atoms with van der Waals surface area (Å²) in [4.78, 5) is 13.3. The Kier molecular flexibility index (Phi) is 10.1. The van der Waals surface area contributed by atoms with Crippen molar-refractivity contribution in [1.82, 2.24) is 4.57 Å². The Bertz CT molecular complexity index is 1030. The Morgan fingerprint density at radius 3 is 2.62 bits per heavy atom. The van der Waals surface area contributed by atoms with Crippen molar-refractivity contribution in [2.75, 3.05) is 25.6 Å². The zero-order valence-corrected chi connectivity index (χ0v) is 20.3. The first-order chi connectivity index (χ1) is 15.4. The molecular formula is C27H38N2O3. The summed E-state index contributed by atoms with van der Waals surface area (Å²) in [7, 11) is 1.53. The number of ether oxygens (including phenoxy) is 2. The lowest BCUT2D eigenvalue weighted by atomic mass is 10.1. The zero-order chi connectivity index (χ0) is 23.5. The fourth-order valence-electron chi connectivity index (χ4n) is 3.52. The van der Waals surface area contributed by atoms with Crippen LogP contribution in [0.15, 0.2) is 58.9 Å². The van der Waals surface area contributed by atoms with Crippen molar-refractivity contribution in [3.05, 3.63) is 64.5 Å². The van der Waals surface area contributed by atoms with Gasteiger partial charge in [0.15, 0.2) is 5.75 Å². The number of allylic oxidation sites excluding steroid dienone is 3. The van der Waals surface area contributed by atoms with Gasteiger partial charge in [0.05, 0.1) is 12.6 Å². The van der Waals surface area contributed by atoms with Crippen molar-refractivity contribution < 1.29 is 9.47 Å². The number of nitrogens with zero attached hydrogens (tertiary/aromatic N) is 1. The maximum absolute atomic E-state index is 13.3. The molecule has 1 aromatic carbocycles. The van der Waals surface area contributed by atoms with Gasteiger partial charge in [-0.2, -0.15) is 0 Å². The molecule has 0 atom stereocenters. The van der Waals surface area contributed by atoms with Gasteiger partial charge >= 0.3 is 0 Å². The Morgan fingerprint density at radius 2 is 1.97 bits per heavy atom. The maximum Gasteiger partial charge on any atom is 0.297 e. The lowest BCUT2D eigenvalue weighted by Crippen LogP contribution is -2.23. The van der Waals surface area contributed by atoms with Gasteiger partial charge in [-0.1, -0.05) is 36.6 Å². The first-order valence-corrected chi connectivity index (χ1v) is 11.4. The molecule has 174 valence electrons. The summed E-state index contributed by atoms with van der Waals surface area (Å²) >= 11 is 0. The Labute approximate surface area is 192 Å². The van der Waals surface area contributed by atoms with E-state index in [1.807, 2.05) is 24.3 Å². The minimum atomic E-state index is -0.159. The van der Waals surface area contributed by atoms with Crippen LogP contribution in [0.2, 0.25) is 0 Å². The molecule has 1 N–H and O–H groups in total. The van der Waals surface area contributed by atoms with E-state index in [0.717, 1.165) is 42.3 Å². The second-order valence-corrected chi connectivity index (χ2v) is 8.26. The number of aryl methyl sites for hydroxylation is 1. The van der Waals surface area contributed by atoms with Crippen LogP contribution in [0.3, 0.4) is 0 Å². The van der Waals surface area contributed by atoms with Gasteiger partial charge in [-0.3, -0.25) is 4.79 Å². The Balaban J connectivity index is 2.43. The third-order valence-electron chi connectivity index (χ3n) is 5.32. The molecule has 0 aliphatic carbocycles. The molecule has 5 heteroatoms. The summed E-state index contributed by atoms with van der Waals surface area (Å²) < 4.78 is 13.5. The molecular weight excluding hydrogens is 400 g/mol. The molecule has 0 unspecified atom stereocenters. The molecule has 0 bridgehead atoms. The number of benzene rings is 1. The highest BCUT2D eigenvalue weighted by Crippen LogP contribution is 2.34. The van der Waals surface area contributed by atoms with E-state index in [-0.39, 0.29) is 11.3 Å². The number of nitrogens with one attached hydrogen (secondary N) is 1. The van der Waals surface area contributed by atoms with Gasteiger partial charge < -0.3 is 19.4 Å². The van der Waals surface area contributed by atoms with Crippen molar-refractivity contribution in [3.63, 3.8) is 0 Å². The van der Waals surface area contributed by atoms with Crippen molar-refractivity contribution in [2.24, 2.45) is 0 Å². The van der Waals surface area contributed by atoms with Crippen molar-refractivity contribution >= 4 is 16.6 Å². The second-order valence-electron chi connectivity index (χ2n) is 8.26. The Morgan fingerprint density at radius 1 is 1.19 bits per heavy atom. The van der Waals surface area contributed by atoms with Crippen molar-refractivity contribution in [2.45, 2.75) is 59.9 Å². The molecule has 0 aliphatic rings. The van der Waals surface area contributed by atoms with Crippen LogP contribution in [0.25, 0.3) is 10.9 Å². The first-order valence-electron chi connectivity index (χ1n) is 11.4. The lowest BCUT2D eigenvalue weighted by molar-refractivity contribution is 0.324. The second kappa shape index (κ2) is 12.8. The van der Waals surface area contributed by atoms with Crippen LogP contribution >= 0.6 is 0 Å². The molecule has 0 saturated carbocycles. The molecule has 1 aromatic heterocycles. The van der Waals surface area contributed by atoms with Gasteiger partial charge in [-0.25, -0.2) is 0 Å². The van der Waals surface area contributed by atoms with E-state index in [2.05, 4.69) is 51.7 Å². The number of pyridine rings is 1. The van der Waals surface area contributed by atoms with Gasteiger partial charge in [-0.15, -0.1) is 6.58 Å². The molecule has 0 spiro atoms. The quantitative estimate of drug-likeness (QED) is 0.364. The number of aromatic nitrogens is 1. The molecule has 2 rings (SSSR count). The van der Waals surface area contributed by atoms with Crippen LogP contribution in [0.4, 0.5) is 5.69 Å². The first kappa shape index (κ1) is 25.3. The van der Waals surface area contributed by atoms with Crippen LogP contribution in [-0.4, -0.2) is 24.8 Å². The van der Waals surface area contributed by atoms with Gasteiger partial charge in [0.1, 0.15) is 6.61 Å². The predicted octanol–water partition coefficient (Wildman–Crippen LogP) is 6.48. The monoisotopic (exact) mass is 438 g/mol. The van der Waals surface area contributed by atoms with Gasteiger partial charge in [0.2, 0.25) is 5.75 Å². The molecule has 2 aromatic rings. The Hall–Kier alpha value is -2.95. The molecule has 0 saturated heterocycles. The third-order valence-corrected chi connectivity index (χ3v) is 5.32. The number of hydrogen-bond donors (Lipinski definition) is 1. The number of rotatable bonds is 13. The highest BCUT2D eigenvalue weighted by Gasteiger charge is 2.19. The van der Waals surface area contributed by atoms with E-state index < -0.39 is 0 Å². The smallest absolute Gasteiger partial charge is 0.297 e.